The first-order chi connectivity index (χ1) is 9.13. The molecular weight excluding hydrogens is 241 g/mol. The van der Waals surface area contributed by atoms with Gasteiger partial charge < -0.3 is 10.8 Å². The van der Waals surface area contributed by atoms with Crippen LogP contribution in [-0.4, -0.2) is 11.7 Å². The summed E-state index contributed by atoms with van der Waals surface area (Å²) >= 11 is 0. The van der Waals surface area contributed by atoms with Crippen molar-refractivity contribution in [3.63, 3.8) is 0 Å². The average Bonchev–Trinajstić information content (AvgIpc) is 2.46. The molecule has 0 heterocycles. The molecule has 0 amide bonds. The zero-order valence-corrected chi connectivity index (χ0v) is 10.9. The highest BCUT2D eigenvalue weighted by Gasteiger charge is 2.15. The van der Waals surface area contributed by atoms with E-state index in [0.29, 0.717) is 17.7 Å². The number of nitrogens with two attached hydrogens (primary N) is 1. The number of rotatable bonds is 4. The van der Waals surface area contributed by atoms with Gasteiger partial charge in [-0.25, -0.2) is 4.39 Å². The minimum atomic E-state index is -0.953. The summed E-state index contributed by atoms with van der Waals surface area (Å²) in [5, 5.41) is 10.3. The molecule has 0 aliphatic rings. The second-order valence-electron chi connectivity index (χ2n) is 4.73. The lowest BCUT2D eigenvalue weighted by atomic mass is 9.95. The van der Waals surface area contributed by atoms with Crippen molar-refractivity contribution in [1.82, 2.24) is 0 Å². The van der Waals surface area contributed by atoms with Crippen LogP contribution in [0.1, 0.15) is 35.6 Å². The van der Waals surface area contributed by atoms with Crippen molar-refractivity contribution in [3.05, 3.63) is 71.0 Å². The average molecular weight is 259 g/mol. The molecule has 0 spiro atoms. The predicted octanol–water partition coefficient (Wildman–Crippen LogP) is 2.97. The molecule has 0 aromatic heterocycles. The summed E-state index contributed by atoms with van der Waals surface area (Å²) in [4.78, 5) is 0. The van der Waals surface area contributed by atoms with E-state index in [1.165, 1.54) is 6.07 Å². The molecule has 0 saturated carbocycles. The van der Waals surface area contributed by atoms with Crippen molar-refractivity contribution in [2.24, 2.45) is 5.73 Å². The number of benzene rings is 2. The van der Waals surface area contributed by atoms with Gasteiger partial charge in [-0.05, 0) is 29.7 Å². The first-order valence-corrected chi connectivity index (χ1v) is 6.36. The van der Waals surface area contributed by atoms with Crippen LogP contribution in [0.5, 0.6) is 0 Å². The van der Waals surface area contributed by atoms with Gasteiger partial charge >= 0.3 is 0 Å². The third-order valence-corrected chi connectivity index (χ3v) is 3.35. The van der Waals surface area contributed by atoms with Gasteiger partial charge in [-0.1, -0.05) is 49.4 Å². The Kier molecular flexibility index (Phi) is 4.30. The molecule has 2 nitrogen and oxygen atoms in total. The van der Waals surface area contributed by atoms with Crippen LogP contribution in [0.4, 0.5) is 4.39 Å². The molecular formula is C16H18FNO. The van der Waals surface area contributed by atoms with Crippen LogP contribution < -0.4 is 5.73 Å². The molecule has 2 atom stereocenters. The Morgan fingerprint density at radius 2 is 1.79 bits per heavy atom. The highest BCUT2D eigenvalue weighted by molar-refractivity contribution is 5.34. The van der Waals surface area contributed by atoms with E-state index in [4.69, 9.17) is 5.73 Å². The lowest BCUT2D eigenvalue weighted by Crippen LogP contribution is -2.10. The molecule has 0 aliphatic carbocycles. The third-order valence-electron chi connectivity index (χ3n) is 3.35. The first kappa shape index (κ1) is 13.7. The van der Waals surface area contributed by atoms with E-state index in [9.17, 15) is 9.50 Å². The van der Waals surface area contributed by atoms with E-state index in [1.54, 1.807) is 24.3 Å². The lowest BCUT2D eigenvalue weighted by Gasteiger charge is -2.15. The normalized spacial score (nSPS) is 14.1. The molecule has 2 unspecified atom stereocenters. The van der Waals surface area contributed by atoms with E-state index in [0.717, 1.165) is 5.56 Å². The fourth-order valence-electron chi connectivity index (χ4n) is 2.05. The summed E-state index contributed by atoms with van der Waals surface area (Å²) in [6.07, 6.45) is -0.953. The molecule has 2 aromatic carbocycles. The SMILES string of the molecule is CC(CN)c1cccc(C(O)c2ccccc2F)c1. The lowest BCUT2D eigenvalue weighted by molar-refractivity contribution is 0.215. The Balaban J connectivity index is 2.34. The van der Waals surface area contributed by atoms with E-state index >= 15 is 0 Å². The predicted molar refractivity (Wildman–Crippen MR) is 74.4 cm³/mol. The fourth-order valence-corrected chi connectivity index (χ4v) is 2.05. The maximum atomic E-state index is 13.7. The molecule has 2 aromatic rings. The zero-order chi connectivity index (χ0) is 13.8. The minimum Gasteiger partial charge on any atom is -0.384 e. The van der Waals surface area contributed by atoms with Crippen LogP contribution in [0, 0.1) is 5.82 Å². The zero-order valence-electron chi connectivity index (χ0n) is 10.9. The summed E-state index contributed by atoms with van der Waals surface area (Å²) < 4.78 is 13.7. The van der Waals surface area contributed by atoms with Crippen LogP contribution in [0.2, 0.25) is 0 Å². The third kappa shape index (κ3) is 3.00. The number of halogens is 1. The second kappa shape index (κ2) is 5.95. The Bertz CT molecular complexity index is 556. The molecule has 0 bridgehead atoms. The largest absolute Gasteiger partial charge is 0.384 e. The van der Waals surface area contributed by atoms with Crippen LogP contribution in [0.25, 0.3) is 0 Å². The fraction of sp³-hybridized carbons (Fsp3) is 0.250. The van der Waals surface area contributed by atoms with E-state index < -0.39 is 11.9 Å². The summed E-state index contributed by atoms with van der Waals surface area (Å²) in [5.74, 6) is -0.181. The molecule has 19 heavy (non-hydrogen) atoms. The van der Waals surface area contributed by atoms with Crippen molar-refractivity contribution in [2.45, 2.75) is 18.9 Å². The van der Waals surface area contributed by atoms with Gasteiger partial charge in [-0.3, -0.25) is 0 Å². The number of hydrogen-bond donors (Lipinski definition) is 2. The van der Waals surface area contributed by atoms with E-state index in [2.05, 4.69) is 0 Å². The van der Waals surface area contributed by atoms with E-state index in [-0.39, 0.29) is 5.92 Å². The van der Waals surface area contributed by atoms with Crippen molar-refractivity contribution >= 4 is 0 Å². The quantitative estimate of drug-likeness (QED) is 0.886. The maximum absolute atomic E-state index is 13.7. The van der Waals surface area contributed by atoms with Gasteiger partial charge in [0.2, 0.25) is 0 Å². The molecule has 100 valence electrons. The van der Waals surface area contributed by atoms with Crippen LogP contribution in [0.3, 0.4) is 0 Å². The molecule has 0 aliphatic heterocycles. The first-order valence-electron chi connectivity index (χ1n) is 6.36. The van der Waals surface area contributed by atoms with Gasteiger partial charge in [0.15, 0.2) is 0 Å². The van der Waals surface area contributed by atoms with Crippen LogP contribution >= 0.6 is 0 Å². The minimum absolute atomic E-state index is 0.216. The Hall–Kier alpha value is -1.71. The molecule has 2 rings (SSSR count). The Morgan fingerprint density at radius 1 is 1.11 bits per heavy atom. The van der Waals surface area contributed by atoms with Crippen LogP contribution in [0.15, 0.2) is 48.5 Å². The van der Waals surface area contributed by atoms with Crippen molar-refractivity contribution in [2.75, 3.05) is 6.54 Å². The molecule has 0 saturated heterocycles. The Labute approximate surface area is 112 Å². The van der Waals surface area contributed by atoms with Gasteiger partial charge in [0.1, 0.15) is 11.9 Å². The topological polar surface area (TPSA) is 46.2 Å². The highest BCUT2D eigenvalue weighted by atomic mass is 19.1. The van der Waals surface area contributed by atoms with Crippen molar-refractivity contribution in [3.8, 4) is 0 Å². The van der Waals surface area contributed by atoms with Crippen molar-refractivity contribution < 1.29 is 9.50 Å². The standard InChI is InChI=1S/C16H18FNO/c1-11(10-18)12-5-4-6-13(9-12)16(19)14-7-2-3-8-15(14)17/h2-9,11,16,19H,10,18H2,1H3. The van der Waals surface area contributed by atoms with Gasteiger partial charge in [0, 0.05) is 5.56 Å². The molecule has 0 radical (unpaired) electrons. The summed E-state index contributed by atoms with van der Waals surface area (Å²) in [5.41, 5.74) is 7.67. The molecule has 3 heteroatoms. The van der Waals surface area contributed by atoms with Crippen molar-refractivity contribution in [1.29, 1.82) is 0 Å². The summed E-state index contributed by atoms with van der Waals surface area (Å²) in [6.45, 7) is 2.56. The maximum Gasteiger partial charge on any atom is 0.129 e. The smallest absolute Gasteiger partial charge is 0.129 e. The monoisotopic (exact) mass is 259 g/mol. The van der Waals surface area contributed by atoms with Gasteiger partial charge in [-0.15, -0.1) is 0 Å². The van der Waals surface area contributed by atoms with Gasteiger partial charge in [-0.2, -0.15) is 0 Å². The van der Waals surface area contributed by atoms with Gasteiger partial charge in [0.25, 0.3) is 0 Å². The number of aliphatic hydroxyl groups excluding tert-OH is 1. The van der Waals surface area contributed by atoms with E-state index in [1.807, 2.05) is 25.1 Å². The Morgan fingerprint density at radius 3 is 2.47 bits per heavy atom. The molecule has 0 fully saturated rings. The van der Waals surface area contributed by atoms with Gasteiger partial charge in [0.05, 0.1) is 0 Å². The second-order valence-corrected chi connectivity index (χ2v) is 4.73. The summed E-state index contributed by atoms with van der Waals surface area (Å²) in [6, 6.07) is 13.8. The highest BCUT2D eigenvalue weighted by Crippen LogP contribution is 2.26. The number of hydrogen-bond acceptors (Lipinski definition) is 2. The van der Waals surface area contributed by atoms with Crippen LogP contribution in [-0.2, 0) is 0 Å². The molecule has 3 N–H and O–H groups in total. The summed E-state index contributed by atoms with van der Waals surface area (Å²) in [7, 11) is 0. The number of aliphatic hydroxyl groups is 1.